The molecule has 0 amide bonds. The molecular formula is C19H21BrO4. The highest BCUT2D eigenvalue weighted by Crippen LogP contribution is 2.64. The predicted molar refractivity (Wildman–Crippen MR) is 92.2 cm³/mol. The molecule has 2 unspecified atom stereocenters. The quantitative estimate of drug-likeness (QED) is 0.441. The molecule has 4 saturated carbocycles. The van der Waals surface area contributed by atoms with Gasteiger partial charge in [0.2, 0.25) is 0 Å². The fraction of sp³-hybridized carbons (Fsp3) is 0.579. The zero-order valence-corrected chi connectivity index (χ0v) is 15.3. The molecule has 0 saturated heterocycles. The normalized spacial score (nSPS) is 36.4. The van der Waals surface area contributed by atoms with Crippen LogP contribution in [0.25, 0.3) is 0 Å². The fourth-order valence-electron chi connectivity index (χ4n) is 5.38. The van der Waals surface area contributed by atoms with Gasteiger partial charge in [-0.15, -0.1) is 0 Å². The number of hydrogen-bond donors (Lipinski definition) is 0. The number of carbonyl (C=O) groups excluding carboxylic acids is 2. The van der Waals surface area contributed by atoms with Gasteiger partial charge >= 0.3 is 11.9 Å². The van der Waals surface area contributed by atoms with Crippen molar-refractivity contribution in [2.24, 2.45) is 17.3 Å². The molecule has 4 aliphatic carbocycles. The minimum Gasteiger partial charge on any atom is -0.465 e. The highest BCUT2D eigenvalue weighted by Gasteiger charge is 2.60. The minimum atomic E-state index is -0.393. The molecule has 0 spiro atoms. The Labute approximate surface area is 150 Å². The van der Waals surface area contributed by atoms with Crippen molar-refractivity contribution < 1.29 is 19.1 Å². The summed E-state index contributed by atoms with van der Waals surface area (Å²) >= 11 is 3.92. The smallest absolute Gasteiger partial charge is 0.337 e. The standard InChI is InChI=1S/C19H21BrO4/c1-23-16(21)14-2-4-15(5-3-14)24-17(22)18-7-12-6-13(8-18)10-19(20,9-12)11-18/h2-5,12-13H,6-11H2,1H3/t12-,13+,18?,19?. The molecule has 5 heteroatoms. The van der Waals surface area contributed by atoms with Crippen molar-refractivity contribution in [2.75, 3.05) is 7.11 Å². The van der Waals surface area contributed by atoms with Crippen LogP contribution in [0.3, 0.4) is 0 Å². The summed E-state index contributed by atoms with van der Waals surface area (Å²) in [6.07, 6.45) is 6.42. The molecule has 128 valence electrons. The van der Waals surface area contributed by atoms with Gasteiger partial charge < -0.3 is 9.47 Å². The summed E-state index contributed by atoms with van der Waals surface area (Å²) in [4.78, 5) is 24.4. The van der Waals surface area contributed by atoms with Gasteiger partial charge in [-0.3, -0.25) is 4.79 Å². The predicted octanol–water partition coefficient (Wildman–Crippen LogP) is 4.11. The first-order valence-electron chi connectivity index (χ1n) is 8.51. The van der Waals surface area contributed by atoms with Gasteiger partial charge in [0, 0.05) is 4.32 Å². The summed E-state index contributed by atoms with van der Waals surface area (Å²) < 4.78 is 10.5. The zero-order chi connectivity index (χ0) is 16.9. The number of carbonyl (C=O) groups is 2. The van der Waals surface area contributed by atoms with E-state index in [-0.39, 0.29) is 15.7 Å². The second-order valence-corrected chi connectivity index (χ2v) is 9.48. The number of esters is 2. The van der Waals surface area contributed by atoms with Gasteiger partial charge in [-0.25, -0.2) is 4.79 Å². The molecule has 4 fully saturated rings. The maximum Gasteiger partial charge on any atom is 0.337 e. The lowest BCUT2D eigenvalue weighted by Gasteiger charge is -2.58. The molecule has 0 radical (unpaired) electrons. The van der Waals surface area contributed by atoms with Gasteiger partial charge in [0.15, 0.2) is 0 Å². The number of methoxy groups -OCH3 is 1. The third-order valence-corrected chi connectivity index (χ3v) is 6.84. The lowest BCUT2D eigenvalue weighted by atomic mass is 9.49. The van der Waals surface area contributed by atoms with Crippen LogP contribution in [0.2, 0.25) is 0 Å². The summed E-state index contributed by atoms with van der Waals surface area (Å²) in [5, 5.41) is 0. The van der Waals surface area contributed by atoms with Gasteiger partial charge in [0.25, 0.3) is 0 Å². The molecular weight excluding hydrogens is 372 g/mol. The first-order chi connectivity index (χ1) is 11.4. The van der Waals surface area contributed by atoms with Crippen LogP contribution in [0.15, 0.2) is 24.3 Å². The molecule has 0 aliphatic heterocycles. The molecule has 5 rings (SSSR count). The van der Waals surface area contributed by atoms with Crippen molar-refractivity contribution in [2.45, 2.75) is 42.8 Å². The number of alkyl halides is 1. The molecule has 0 N–H and O–H groups in total. The van der Waals surface area contributed by atoms with Crippen LogP contribution in [0.5, 0.6) is 5.75 Å². The number of halogens is 1. The summed E-state index contributed by atoms with van der Waals surface area (Å²) in [6, 6.07) is 6.57. The Kier molecular flexibility index (Phi) is 3.75. The monoisotopic (exact) mass is 392 g/mol. The van der Waals surface area contributed by atoms with Gasteiger partial charge in [-0.2, -0.15) is 0 Å². The van der Waals surface area contributed by atoms with Crippen molar-refractivity contribution in [1.29, 1.82) is 0 Å². The van der Waals surface area contributed by atoms with E-state index >= 15 is 0 Å². The summed E-state index contributed by atoms with van der Waals surface area (Å²) in [7, 11) is 1.35. The second kappa shape index (κ2) is 5.58. The average Bonchev–Trinajstić information content (AvgIpc) is 2.52. The largest absolute Gasteiger partial charge is 0.465 e. The van der Waals surface area contributed by atoms with Crippen molar-refractivity contribution in [1.82, 2.24) is 0 Å². The molecule has 4 bridgehead atoms. The van der Waals surface area contributed by atoms with E-state index in [4.69, 9.17) is 4.74 Å². The molecule has 0 aromatic heterocycles. The highest BCUT2D eigenvalue weighted by molar-refractivity contribution is 9.10. The van der Waals surface area contributed by atoms with Gasteiger partial charge in [-0.05, 0) is 74.6 Å². The molecule has 4 nitrogen and oxygen atoms in total. The van der Waals surface area contributed by atoms with E-state index in [0.29, 0.717) is 23.1 Å². The maximum absolute atomic E-state index is 12.9. The third kappa shape index (κ3) is 2.67. The van der Waals surface area contributed by atoms with Crippen LogP contribution in [0, 0.1) is 17.3 Å². The van der Waals surface area contributed by atoms with Crippen LogP contribution in [-0.4, -0.2) is 23.4 Å². The number of ether oxygens (including phenoxy) is 2. The van der Waals surface area contributed by atoms with Crippen molar-refractivity contribution in [3.05, 3.63) is 29.8 Å². The van der Waals surface area contributed by atoms with Crippen LogP contribution in [0.1, 0.15) is 48.9 Å². The van der Waals surface area contributed by atoms with Gasteiger partial charge in [0.1, 0.15) is 5.75 Å². The Morgan fingerprint density at radius 1 is 1.08 bits per heavy atom. The second-order valence-electron chi connectivity index (χ2n) is 7.80. The van der Waals surface area contributed by atoms with Crippen molar-refractivity contribution in [3.8, 4) is 5.75 Å². The molecule has 24 heavy (non-hydrogen) atoms. The van der Waals surface area contributed by atoms with E-state index in [0.717, 1.165) is 19.3 Å². The van der Waals surface area contributed by atoms with E-state index in [1.807, 2.05) is 0 Å². The van der Waals surface area contributed by atoms with E-state index < -0.39 is 5.97 Å². The first-order valence-corrected chi connectivity index (χ1v) is 9.30. The number of benzene rings is 1. The average molecular weight is 393 g/mol. The Morgan fingerprint density at radius 2 is 1.71 bits per heavy atom. The SMILES string of the molecule is COC(=O)c1ccc(OC(=O)C23C[C@@H]4C[C@@H](CC(Br)(C4)C2)C3)cc1. The summed E-state index contributed by atoms with van der Waals surface area (Å²) in [6.45, 7) is 0. The molecule has 1 aromatic carbocycles. The summed E-state index contributed by atoms with van der Waals surface area (Å²) in [5.41, 5.74) is 0.112. The zero-order valence-electron chi connectivity index (χ0n) is 13.7. The van der Waals surface area contributed by atoms with Crippen LogP contribution >= 0.6 is 15.9 Å². The maximum atomic E-state index is 12.9. The van der Waals surface area contributed by atoms with Crippen LogP contribution in [0.4, 0.5) is 0 Å². The minimum absolute atomic E-state index is 0.105. The highest BCUT2D eigenvalue weighted by atomic mass is 79.9. The van der Waals surface area contributed by atoms with E-state index in [9.17, 15) is 9.59 Å². The lowest BCUT2D eigenvalue weighted by molar-refractivity contribution is -0.159. The van der Waals surface area contributed by atoms with E-state index in [2.05, 4.69) is 20.7 Å². The molecule has 4 atom stereocenters. The van der Waals surface area contributed by atoms with Gasteiger partial charge in [0.05, 0.1) is 18.1 Å². The Bertz CT molecular complexity index is 667. The number of rotatable bonds is 3. The van der Waals surface area contributed by atoms with Gasteiger partial charge in [-0.1, -0.05) is 15.9 Å². The van der Waals surface area contributed by atoms with Crippen LogP contribution < -0.4 is 4.74 Å². The molecule has 1 aromatic rings. The lowest BCUT2D eigenvalue weighted by Crippen LogP contribution is -2.56. The Balaban J connectivity index is 1.51. The molecule has 0 heterocycles. The molecule has 4 aliphatic rings. The van der Waals surface area contributed by atoms with E-state index in [1.54, 1.807) is 24.3 Å². The number of hydrogen-bond acceptors (Lipinski definition) is 4. The Hall–Kier alpha value is -1.36. The Morgan fingerprint density at radius 3 is 2.25 bits per heavy atom. The van der Waals surface area contributed by atoms with Crippen LogP contribution in [-0.2, 0) is 9.53 Å². The van der Waals surface area contributed by atoms with Crippen molar-refractivity contribution >= 4 is 27.9 Å². The topological polar surface area (TPSA) is 52.6 Å². The van der Waals surface area contributed by atoms with E-state index in [1.165, 1.54) is 26.4 Å². The summed E-state index contributed by atoms with van der Waals surface area (Å²) in [5.74, 6) is 1.27. The fourth-order valence-corrected chi connectivity index (χ4v) is 6.83. The first kappa shape index (κ1) is 16.1. The van der Waals surface area contributed by atoms with Crippen molar-refractivity contribution in [3.63, 3.8) is 0 Å². The third-order valence-electron chi connectivity index (χ3n) is 5.91.